The Hall–Kier alpha value is -2.78. The Morgan fingerprint density at radius 1 is 1.21 bits per heavy atom. The van der Waals surface area contributed by atoms with E-state index in [1.54, 1.807) is 44.3 Å². The number of hydrogen-bond donors (Lipinski definition) is 1. The summed E-state index contributed by atoms with van der Waals surface area (Å²) in [6.07, 6.45) is 7.83. The Morgan fingerprint density at radius 2 is 1.94 bits per heavy atom. The second kappa shape index (κ2) is 9.61. The van der Waals surface area contributed by atoms with Crippen LogP contribution < -0.4 is 14.2 Å². The number of halogens is 2. The fraction of sp³-hybridized carbons (Fsp3) is 0.417. The van der Waals surface area contributed by atoms with Gasteiger partial charge in [0.1, 0.15) is 5.01 Å². The molecule has 1 atom stereocenters. The lowest BCUT2D eigenvalue weighted by molar-refractivity contribution is -0.605. The van der Waals surface area contributed by atoms with Crippen LogP contribution in [-0.4, -0.2) is 22.8 Å². The van der Waals surface area contributed by atoms with Crippen LogP contribution in [0.25, 0.3) is 0 Å². The molecule has 3 aromatic rings. The molecule has 0 bridgehead atoms. The number of pyridine rings is 1. The zero-order valence-electron chi connectivity index (χ0n) is 18.4. The lowest BCUT2D eigenvalue weighted by Crippen LogP contribution is -2.25. The summed E-state index contributed by atoms with van der Waals surface area (Å²) in [7, 11) is 0. The topological polar surface area (TPSA) is 78.5 Å². The third-order valence-electron chi connectivity index (χ3n) is 5.67. The van der Waals surface area contributed by atoms with E-state index in [9.17, 15) is 19.1 Å². The quantitative estimate of drug-likeness (QED) is 0.351. The summed E-state index contributed by atoms with van der Waals surface area (Å²) in [5.74, 6) is 0.0491. The molecule has 33 heavy (non-hydrogen) atoms. The Bertz CT molecular complexity index is 1080. The van der Waals surface area contributed by atoms with Crippen LogP contribution in [0, 0.1) is 5.21 Å². The largest absolute Gasteiger partial charge is 0.619 e. The van der Waals surface area contributed by atoms with Gasteiger partial charge >= 0.3 is 6.61 Å². The molecule has 0 aliphatic heterocycles. The standard InChI is InChI=1S/C24H26F2N2O4S/c1-24(2,29)21-14-27-22(33-21)18(12-15-8-10-28(30)11-9-15)16-6-7-19(32-23(25)26)20(13-16)31-17-4-3-5-17/h6-11,13-14,17-18,23,29H,3-5,12H2,1-2H3. The van der Waals surface area contributed by atoms with Gasteiger partial charge < -0.3 is 19.8 Å². The molecule has 176 valence electrons. The molecule has 0 saturated heterocycles. The number of nitrogens with zero attached hydrogens (tertiary/aromatic N) is 2. The minimum absolute atomic E-state index is 0.00262. The van der Waals surface area contributed by atoms with E-state index in [-0.39, 0.29) is 23.5 Å². The number of rotatable bonds is 9. The molecule has 1 saturated carbocycles. The van der Waals surface area contributed by atoms with E-state index in [4.69, 9.17) is 9.47 Å². The number of thiazole rings is 1. The van der Waals surface area contributed by atoms with Crippen LogP contribution in [0.15, 0.2) is 48.9 Å². The monoisotopic (exact) mass is 476 g/mol. The first-order valence-electron chi connectivity index (χ1n) is 10.8. The number of benzene rings is 1. The van der Waals surface area contributed by atoms with Gasteiger partial charge in [0.15, 0.2) is 23.9 Å². The van der Waals surface area contributed by atoms with Gasteiger partial charge in [-0.25, -0.2) is 4.98 Å². The summed E-state index contributed by atoms with van der Waals surface area (Å²) in [5.41, 5.74) is 0.706. The second-order valence-electron chi connectivity index (χ2n) is 8.70. The average molecular weight is 477 g/mol. The summed E-state index contributed by atoms with van der Waals surface area (Å²) >= 11 is 1.40. The van der Waals surface area contributed by atoms with E-state index in [0.29, 0.717) is 6.42 Å². The molecule has 1 aromatic carbocycles. The van der Waals surface area contributed by atoms with Crippen LogP contribution in [0.5, 0.6) is 11.5 Å². The van der Waals surface area contributed by atoms with Gasteiger partial charge in [0.25, 0.3) is 0 Å². The van der Waals surface area contributed by atoms with Gasteiger partial charge in [0.05, 0.1) is 16.6 Å². The number of hydrogen-bond acceptors (Lipinski definition) is 6. The van der Waals surface area contributed by atoms with Gasteiger partial charge in [-0.15, -0.1) is 11.3 Å². The van der Waals surface area contributed by atoms with Gasteiger partial charge in [-0.2, -0.15) is 13.5 Å². The molecule has 2 aromatic heterocycles. The highest BCUT2D eigenvalue weighted by Gasteiger charge is 2.27. The number of aromatic nitrogens is 2. The minimum Gasteiger partial charge on any atom is -0.619 e. The fourth-order valence-electron chi connectivity index (χ4n) is 3.59. The van der Waals surface area contributed by atoms with E-state index in [2.05, 4.69) is 4.98 Å². The van der Waals surface area contributed by atoms with Crippen molar-refractivity contribution in [1.29, 1.82) is 0 Å². The lowest BCUT2D eigenvalue weighted by Gasteiger charge is -2.28. The predicted molar refractivity (Wildman–Crippen MR) is 120 cm³/mol. The third-order valence-corrected chi connectivity index (χ3v) is 7.09. The molecule has 4 rings (SSSR count). The molecule has 1 aliphatic carbocycles. The van der Waals surface area contributed by atoms with Crippen LogP contribution >= 0.6 is 11.3 Å². The van der Waals surface area contributed by atoms with Crippen molar-refractivity contribution >= 4 is 11.3 Å². The molecular formula is C24H26F2N2O4S. The van der Waals surface area contributed by atoms with Gasteiger partial charge in [-0.1, -0.05) is 6.07 Å². The van der Waals surface area contributed by atoms with Gasteiger partial charge in [0, 0.05) is 24.2 Å². The number of alkyl halides is 2. The minimum atomic E-state index is -2.95. The molecule has 0 spiro atoms. The van der Waals surface area contributed by atoms with Crippen LogP contribution in [-0.2, 0) is 12.0 Å². The number of ether oxygens (including phenoxy) is 2. The highest BCUT2D eigenvalue weighted by atomic mass is 32.1. The number of aliphatic hydroxyl groups is 1. The molecule has 6 nitrogen and oxygen atoms in total. The summed E-state index contributed by atoms with van der Waals surface area (Å²) in [5, 5.41) is 22.6. The predicted octanol–water partition coefficient (Wildman–Crippen LogP) is 4.91. The Balaban J connectivity index is 1.72. The maximum Gasteiger partial charge on any atom is 0.387 e. The molecule has 0 amide bonds. The van der Waals surface area contributed by atoms with Gasteiger partial charge in [-0.3, -0.25) is 0 Å². The van der Waals surface area contributed by atoms with E-state index < -0.39 is 12.2 Å². The SMILES string of the molecule is CC(C)(O)c1cnc(C(Cc2cc[n+]([O-])cc2)c2ccc(OC(F)F)c(OC3CCC3)c2)s1. The zero-order chi connectivity index (χ0) is 23.6. The maximum absolute atomic E-state index is 13.0. The van der Waals surface area contributed by atoms with Crippen molar-refractivity contribution in [1.82, 2.24) is 4.98 Å². The summed E-state index contributed by atoms with van der Waals surface area (Å²) in [6.45, 7) is 0.446. The van der Waals surface area contributed by atoms with Crippen molar-refractivity contribution in [3.8, 4) is 11.5 Å². The third kappa shape index (κ3) is 5.78. The van der Waals surface area contributed by atoms with Crippen molar-refractivity contribution in [2.75, 3.05) is 0 Å². The highest BCUT2D eigenvalue weighted by molar-refractivity contribution is 7.11. The smallest absolute Gasteiger partial charge is 0.387 e. The summed E-state index contributed by atoms with van der Waals surface area (Å²) in [4.78, 5) is 5.28. The normalized spacial score (nSPS) is 15.3. The van der Waals surface area contributed by atoms with Gasteiger partial charge in [-0.05, 0) is 62.8 Å². The van der Waals surface area contributed by atoms with Crippen LogP contribution in [0.1, 0.15) is 60.0 Å². The molecule has 2 heterocycles. The first-order chi connectivity index (χ1) is 15.7. The molecule has 9 heteroatoms. The van der Waals surface area contributed by atoms with Crippen molar-refractivity contribution in [3.05, 3.63) is 75.1 Å². The zero-order valence-corrected chi connectivity index (χ0v) is 19.2. The van der Waals surface area contributed by atoms with Crippen LogP contribution in [0.4, 0.5) is 8.78 Å². The first kappa shape index (κ1) is 23.4. The lowest BCUT2D eigenvalue weighted by atomic mass is 9.92. The summed E-state index contributed by atoms with van der Waals surface area (Å²) < 4.78 is 37.3. The summed E-state index contributed by atoms with van der Waals surface area (Å²) in [6, 6.07) is 8.46. The van der Waals surface area contributed by atoms with Crippen molar-refractivity contribution in [2.45, 2.75) is 63.8 Å². The Morgan fingerprint density at radius 3 is 2.52 bits per heavy atom. The molecule has 1 aliphatic rings. The molecular weight excluding hydrogens is 450 g/mol. The average Bonchev–Trinajstić information content (AvgIpc) is 3.21. The molecule has 1 N–H and O–H groups in total. The molecule has 1 fully saturated rings. The first-order valence-corrected chi connectivity index (χ1v) is 11.6. The Kier molecular flexibility index (Phi) is 6.81. The van der Waals surface area contributed by atoms with E-state index in [1.807, 2.05) is 0 Å². The van der Waals surface area contributed by atoms with E-state index in [1.165, 1.54) is 29.8 Å². The van der Waals surface area contributed by atoms with E-state index >= 15 is 0 Å². The fourth-order valence-corrected chi connectivity index (χ4v) is 4.64. The van der Waals surface area contributed by atoms with Gasteiger partial charge in [0.2, 0.25) is 0 Å². The van der Waals surface area contributed by atoms with E-state index in [0.717, 1.165) is 45.0 Å². The second-order valence-corrected chi connectivity index (χ2v) is 9.76. The highest BCUT2D eigenvalue weighted by Crippen LogP contribution is 2.40. The van der Waals surface area contributed by atoms with Crippen molar-refractivity contribution in [2.24, 2.45) is 0 Å². The van der Waals surface area contributed by atoms with Crippen LogP contribution in [0.3, 0.4) is 0 Å². The maximum atomic E-state index is 13.0. The van der Waals surface area contributed by atoms with Crippen molar-refractivity contribution < 1.29 is 28.1 Å². The molecule has 0 radical (unpaired) electrons. The van der Waals surface area contributed by atoms with Crippen LogP contribution in [0.2, 0.25) is 0 Å². The van der Waals surface area contributed by atoms with Crippen molar-refractivity contribution in [3.63, 3.8) is 0 Å². The Labute approximate surface area is 195 Å². The molecule has 1 unspecified atom stereocenters.